The molecule has 2 saturated carbocycles. The highest BCUT2D eigenvalue weighted by molar-refractivity contribution is 5.81. The van der Waals surface area contributed by atoms with E-state index in [9.17, 15) is 9.59 Å². The Balaban J connectivity index is 1.19. The number of hydrogen-bond donors (Lipinski definition) is 1. The molecule has 3 aliphatic rings. The molecule has 2 amide bonds. The molecule has 3 fully saturated rings. The molecular formula is C21H28N2O2. The lowest BCUT2D eigenvalue weighted by Gasteiger charge is -2.53. The summed E-state index contributed by atoms with van der Waals surface area (Å²) in [6, 6.07) is 10.3. The normalized spacial score (nSPS) is 24.6. The van der Waals surface area contributed by atoms with E-state index in [0.717, 1.165) is 32.2 Å². The fourth-order valence-corrected chi connectivity index (χ4v) is 4.73. The summed E-state index contributed by atoms with van der Waals surface area (Å²) in [5.74, 6) is 0.655. The molecule has 2 aliphatic carbocycles. The van der Waals surface area contributed by atoms with Crippen LogP contribution in [-0.4, -0.2) is 35.8 Å². The van der Waals surface area contributed by atoms with Crippen LogP contribution in [0.5, 0.6) is 0 Å². The standard InChI is InChI=1S/C21H28N2O2/c24-19(8-7-16-5-2-1-3-6-16)23-12-9-18(15-23)22-20(25)17-13-21(14-17)10-4-11-21/h1-3,5-6,17-18H,4,7-15H2,(H,22,25). The predicted octanol–water partition coefficient (Wildman–Crippen LogP) is 2.92. The van der Waals surface area contributed by atoms with Crippen molar-refractivity contribution in [3.8, 4) is 0 Å². The van der Waals surface area contributed by atoms with Gasteiger partial charge in [-0.15, -0.1) is 0 Å². The van der Waals surface area contributed by atoms with Crippen LogP contribution in [0.3, 0.4) is 0 Å². The average Bonchev–Trinajstić information content (AvgIpc) is 2.99. The Bertz CT molecular complexity index is 631. The largest absolute Gasteiger partial charge is 0.351 e. The highest BCUT2D eigenvalue weighted by atomic mass is 16.2. The van der Waals surface area contributed by atoms with Crippen molar-refractivity contribution in [2.75, 3.05) is 13.1 Å². The van der Waals surface area contributed by atoms with E-state index in [2.05, 4.69) is 17.4 Å². The number of likely N-dealkylation sites (tertiary alicyclic amines) is 1. The fraction of sp³-hybridized carbons (Fsp3) is 0.619. The number of benzene rings is 1. The van der Waals surface area contributed by atoms with Gasteiger partial charge in [-0.3, -0.25) is 9.59 Å². The number of nitrogens with zero attached hydrogens (tertiary/aromatic N) is 1. The van der Waals surface area contributed by atoms with Crippen LogP contribution in [0.2, 0.25) is 0 Å². The molecule has 1 atom stereocenters. The van der Waals surface area contributed by atoms with E-state index in [4.69, 9.17) is 0 Å². The van der Waals surface area contributed by atoms with E-state index in [1.165, 1.54) is 24.8 Å². The van der Waals surface area contributed by atoms with E-state index < -0.39 is 0 Å². The van der Waals surface area contributed by atoms with Gasteiger partial charge in [0.1, 0.15) is 0 Å². The number of nitrogens with one attached hydrogen (secondary N) is 1. The van der Waals surface area contributed by atoms with Gasteiger partial charge in [-0.05, 0) is 49.5 Å². The third kappa shape index (κ3) is 3.58. The number of amides is 2. The second-order valence-corrected chi connectivity index (χ2v) is 8.28. The summed E-state index contributed by atoms with van der Waals surface area (Å²) in [7, 11) is 0. The molecule has 1 aromatic rings. The third-order valence-electron chi connectivity index (χ3n) is 6.50. The Kier molecular flexibility index (Phi) is 4.53. The lowest BCUT2D eigenvalue weighted by atomic mass is 9.51. The Morgan fingerprint density at radius 1 is 1.16 bits per heavy atom. The van der Waals surface area contributed by atoms with Crippen LogP contribution in [0.4, 0.5) is 0 Å². The monoisotopic (exact) mass is 340 g/mol. The third-order valence-corrected chi connectivity index (χ3v) is 6.50. The first kappa shape index (κ1) is 16.6. The van der Waals surface area contributed by atoms with Crippen molar-refractivity contribution in [3.63, 3.8) is 0 Å². The lowest BCUT2D eigenvalue weighted by molar-refractivity contribution is -0.138. The van der Waals surface area contributed by atoms with Gasteiger partial charge in [0, 0.05) is 31.5 Å². The van der Waals surface area contributed by atoms with Crippen LogP contribution in [0.1, 0.15) is 50.5 Å². The molecule has 0 aromatic heterocycles. The Labute approximate surface area is 150 Å². The second-order valence-electron chi connectivity index (χ2n) is 8.28. The van der Waals surface area contributed by atoms with Gasteiger partial charge in [-0.2, -0.15) is 0 Å². The number of carbonyl (C=O) groups is 2. The van der Waals surface area contributed by atoms with Gasteiger partial charge in [0.15, 0.2) is 0 Å². The maximum atomic E-state index is 12.4. The summed E-state index contributed by atoms with van der Waals surface area (Å²) in [6.07, 6.45) is 8.40. The first-order valence-electron chi connectivity index (χ1n) is 9.76. The Morgan fingerprint density at radius 2 is 1.92 bits per heavy atom. The number of hydrogen-bond acceptors (Lipinski definition) is 2. The van der Waals surface area contributed by atoms with Crippen LogP contribution < -0.4 is 5.32 Å². The zero-order valence-electron chi connectivity index (χ0n) is 14.9. The molecule has 0 radical (unpaired) electrons. The summed E-state index contributed by atoms with van der Waals surface area (Å²) in [6.45, 7) is 1.45. The quantitative estimate of drug-likeness (QED) is 0.896. The molecule has 4 heteroatoms. The Morgan fingerprint density at radius 3 is 2.60 bits per heavy atom. The minimum absolute atomic E-state index is 0.145. The van der Waals surface area contributed by atoms with Crippen molar-refractivity contribution >= 4 is 11.8 Å². The van der Waals surface area contributed by atoms with Gasteiger partial charge in [0.2, 0.25) is 11.8 Å². The number of rotatable bonds is 5. The van der Waals surface area contributed by atoms with E-state index in [0.29, 0.717) is 18.4 Å². The van der Waals surface area contributed by atoms with E-state index in [-0.39, 0.29) is 23.8 Å². The first-order chi connectivity index (χ1) is 12.1. The van der Waals surface area contributed by atoms with Crippen molar-refractivity contribution in [2.45, 2.75) is 57.4 Å². The van der Waals surface area contributed by atoms with Gasteiger partial charge in [0.05, 0.1) is 0 Å². The molecular weight excluding hydrogens is 312 g/mol. The molecule has 4 rings (SSSR count). The average molecular weight is 340 g/mol. The summed E-state index contributed by atoms with van der Waals surface area (Å²) in [4.78, 5) is 26.7. The van der Waals surface area contributed by atoms with Crippen molar-refractivity contribution in [3.05, 3.63) is 35.9 Å². The van der Waals surface area contributed by atoms with E-state index in [1.807, 2.05) is 23.1 Å². The van der Waals surface area contributed by atoms with Crippen LogP contribution in [0.25, 0.3) is 0 Å². The maximum Gasteiger partial charge on any atom is 0.223 e. The number of carbonyl (C=O) groups excluding carboxylic acids is 2. The first-order valence-corrected chi connectivity index (χ1v) is 9.76. The van der Waals surface area contributed by atoms with Crippen LogP contribution in [-0.2, 0) is 16.0 Å². The van der Waals surface area contributed by atoms with Crippen molar-refractivity contribution < 1.29 is 9.59 Å². The molecule has 1 aliphatic heterocycles. The molecule has 1 unspecified atom stereocenters. The second kappa shape index (κ2) is 6.81. The van der Waals surface area contributed by atoms with Crippen LogP contribution in [0.15, 0.2) is 30.3 Å². The van der Waals surface area contributed by atoms with Crippen molar-refractivity contribution in [1.29, 1.82) is 0 Å². The molecule has 25 heavy (non-hydrogen) atoms. The summed E-state index contributed by atoms with van der Waals surface area (Å²) >= 11 is 0. The zero-order valence-corrected chi connectivity index (χ0v) is 14.9. The predicted molar refractivity (Wildman–Crippen MR) is 96.9 cm³/mol. The Hall–Kier alpha value is -1.84. The molecule has 1 heterocycles. The summed E-state index contributed by atoms with van der Waals surface area (Å²) in [5, 5.41) is 3.19. The van der Waals surface area contributed by atoms with Crippen molar-refractivity contribution in [2.24, 2.45) is 11.3 Å². The van der Waals surface area contributed by atoms with E-state index >= 15 is 0 Å². The summed E-state index contributed by atoms with van der Waals surface area (Å²) < 4.78 is 0. The molecule has 134 valence electrons. The molecule has 4 nitrogen and oxygen atoms in total. The van der Waals surface area contributed by atoms with Gasteiger partial charge in [-0.1, -0.05) is 36.8 Å². The molecule has 0 bridgehead atoms. The van der Waals surface area contributed by atoms with Gasteiger partial charge < -0.3 is 10.2 Å². The molecule has 1 aromatic carbocycles. The zero-order chi connectivity index (χ0) is 17.3. The highest BCUT2D eigenvalue weighted by Gasteiger charge is 2.50. The van der Waals surface area contributed by atoms with Gasteiger partial charge in [-0.25, -0.2) is 0 Å². The fourth-order valence-electron chi connectivity index (χ4n) is 4.73. The highest BCUT2D eigenvalue weighted by Crippen LogP contribution is 2.58. The van der Waals surface area contributed by atoms with Crippen LogP contribution in [0, 0.1) is 11.3 Å². The van der Waals surface area contributed by atoms with E-state index in [1.54, 1.807) is 0 Å². The minimum atomic E-state index is 0.145. The number of aryl methyl sites for hydroxylation is 1. The molecule has 1 saturated heterocycles. The summed E-state index contributed by atoms with van der Waals surface area (Å²) in [5.41, 5.74) is 1.74. The molecule has 1 spiro atoms. The molecule has 1 N–H and O–H groups in total. The van der Waals surface area contributed by atoms with Crippen LogP contribution >= 0.6 is 0 Å². The lowest BCUT2D eigenvalue weighted by Crippen LogP contribution is -2.51. The minimum Gasteiger partial charge on any atom is -0.351 e. The topological polar surface area (TPSA) is 49.4 Å². The van der Waals surface area contributed by atoms with Crippen molar-refractivity contribution in [1.82, 2.24) is 10.2 Å². The smallest absolute Gasteiger partial charge is 0.223 e. The van der Waals surface area contributed by atoms with Gasteiger partial charge in [0.25, 0.3) is 0 Å². The SMILES string of the molecule is O=C(NC1CCN(C(=O)CCc2ccccc2)C1)C1CC2(CCC2)C1. The maximum absolute atomic E-state index is 12.4. The van der Waals surface area contributed by atoms with Gasteiger partial charge >= 0.3 is 0 Å².